The van der Waals surface area contributed by atoms with E-state index in [1.165, 1.54) is 5.57 Å². The number of nitrogens with zero attached hydrogens (tertiary/aromatic N) is 2. The van der Waals surface area contributed by atoms with Crippen molar-refractivity contribution in [3.63, 3.8) is 0 Å². The Hall–Kier alpha value is -1.06. The zero-order chi connectivity index (χ0) is 14.1. The van der Waals surface area contributed by atoms with E-state index in [2.05, 4.69) is 62.0 Å². The van der Waals surface area contributed by atoms with Gasteiger partial charge in [0.05, 0.1) is 0 Å². The second-order valence-electron chi connectivity index (χ2n) is 5.17. The maximum absolute atomic E-state index is 5.80. The van der Waals surface area contributed by atoms with Crippen LogP contribution in [-0.2, 0) is 4.74 Å². The molecule has 19 heavy (non-hydrogen) atoms. The largest absolute Gasteiger partial charge is 0.493 e. The predicted molar refractivity (Wildman–Crippen MR) is 82.2 cm³/mol. The van der Waals surface area contributed by atoms with Crippen LogP contribution in [0.5, 0.6) is 0 Å². The maximum Gasteiger partial charge on any atom is 0.115 e. The minimum absolute atomic E-state index is 0.752. The minimum Gasteiger partial charge on any atom is -0.493 e. The third-order valence-electron chi connectivity index (χ3n) is 3.41. The molecule has 0 unspecified atom stereocenters. The maximum atomic E-state index is 5.80. The summed E-state index contributed by atoms with van der Waals surface area (Å²) in [6.45, 7) is 9.32. The van der Waals surface area contributed by atoms with Crippen molar-refractivity contribution in [1.29, 1.82) is 0 Å². The van der Waals surface area contributed by atoms with Gasteiger partial charge in [-0.3, -0.25) is 0 Å². The first kappa shape index (κ1) is 16.0. The van der Waals surface area contributed by atoms with Crippen LogP contribution < -0.4 is 0 Å². The topological polar surface area (TPSA) is 15.7 Å². The zero-order valence-electron chi connectivity index (χ0n) is 12.9. The van der Waals surface area contributed by atoms with Gasteiger partial charge >= 0.3 is 0 Å². The number of hydrogen-bond acceptors (Lipinski definition) is 3. The molecule has 1 aliphatic carbocycles. The molecule has 0 spiro atoms. The summed E-state index contributed by atoms with van der Waals surface area (Å²) in [5, 5.41) is 0. The van der Waals surface area contributed by atoms with E-state index in [-0.39, 0.29) is 0 Å². The first-order valence-electron chi connectivity index (χ1n) is 7.16. The van der Waals surface area contributed by atoms with Gasteiger partial charge < -0.3 is 14.5 Å². The molecule has 0 radical (unpaired) electrons. The highest BCUT2D eigenvalue weighted by Gasteiger charge is 2.02. The first-order valence-corrected chi connectivity index (χ1v) is 7.16. The molecule has 0 N–H and O–H groups in total. The lowest BCUT2D eigenvalue weighted by atomic mass is 10.2. The van der Waals surface area contributed by atoms with Crippen LogP contribution in [0.15, 0.2) is 35.6 Å². The molecule has 1 rings (SSSR count). The third-order valence-corrected chi connectivity index (χ3v) is 3.41. The van der Waals surface area contributed by atoms with Crippen LogP contribution in [0.4, 0.5) is 0 Å². The summed E-state index contributed by atoms with van der Waals surface area (Å²) >= 11 is 0. The van der Waals surface area contributed by atoms with Crippen molar-refractivity contribution in [3.05, 3.63) is 35.6 Å². The van der Waals surface area contributed by atoms with Crippen LogP contribution in [0.3, 0.4) is 0 Å². The molecule has 1 aliphatic rings. The van der Waals surface area contributed by atoms with E-state index in [1.807, 2.05) is 0 Å². The van der Waals surface area contributed by atoms with E-state index in [4.69, 9.17) is 4.74 Å². The highest BCUT2D eigenvalue weighted by molar-refractivity contribution is 5.27. The van der Waals surface area contributed by atoms with E-state index in [0.717, 1.165) is 45.0 Å². The average Bonchev–Trinajstić information content (AvgIpc) is 2.61. The third kappa shape index (κ3) is 7.19. The van der Waals surface area contributed by atoms with Crippen molar-refractivity contribution < 1.29 is 4.74 Å². The van der Waals surface area contributed by atoms with Crippen LogP contribution in [0, 0.1) is 0 Å². The van der Waals surface area contributed by atoms with Crippen LogP contribution in [0.1, 0.15) is 20.3 Å². The molecule has 0 bridgehead atoms. The smallest absolute Gasteiger partial charge is 0.115 e. The highest BCUT2D eigenvalue weighted by Crippen LogP contribution is 2.10. The molecule has 0 fully saturated rings. The van der Waals surface area contributed by atoms with Gasteiger partial charge in [0.2, 0.25) is 0 Å². The Bertz CT molecular complexity index is 345. The summed E-state index contributed by atoms with van der Waals surface area (Å²) in [5.41, 5.74) is 1.30. The number of likely N-dealkylation sites (N-methyl/N-ethyl adjacent to an activating group) is 2. The molecule has 0 saturated carbocycles. The normalized spacial score (nSPS) is 15.5. The molecular formula is C16H28N2O. The van der Waals surface area contributed by atoms with Gasteiger partial charge in [-0.15, -0.1) is 0 Å². The molecule has 108 valence electrons. The van der Waals surface area contributed by atoms with Crippen molar-refractivity contribution in [2.24, 2.45) is 0 Å². The highest BCUT2D eigenvalue weighted by atomic mass is 16.5. The zero-order valence-corrected chi connectivity index (χ0v) is 12.9. The minimum atomic E-state index is 0.752. The summed E-state index contributed by atoms with van der Waals surface area (Å²) in [7, 11) is 4.30. The Labute approximate surface area is 118 Å². The first-order chi connectivity index (χ1) is 9.11. The molecule has 0 atom stereocenters. The molecule has 3 nitrogen and oxygen atoms in total. The van der Waals surface area contributed by atoms with E-state index >= 15 is 0 Å². The summed E-state index contributed by atoms with van der Waals surface area (Å²) in [6, 6.07) is 0. The number of allylic oxidation sites excluding steroid dienone is 5. The van der Waals surface area contributed by atoms with Crippen LogP contribution in [0.2, 0.25) is 0 Å². The van der Waals surface area contributed by atoms with E-state index in [1.54, 1.807) is 0 Å². The van der Waals surface area contributed by atoms with Gasteiger partial charge in [0.15, 0.2) is 0 Å². The van der Waals surface area contributed by atoms with Gasteiger partial charge in [0.25, 0.3) is 0 Å². The standard InChI is InChI=1S/C16H28N2O/c1-5-17(3)11-12-18(4)13-14-19-16-8-6-7-15(2)9-10-16/h7-10H,5-6,11-14H2,1-4H3. The van der Waals surface area contributed by atoms with Gasteiger partial charge in [0, 0.05) is 19.6 Å². The predicted octanol–water partition coefficient (Wildman–Crippen LogP) is 2.68. The molecule has 0 heterocycles. The lowest BCUT2D eigenvalue weighted by molar-refractivity contribution is 0.171. The summed E-state index contributed by atoms with van der Waals surface area (Å²) in [5.74, 6) is 0.993. The number of ether oxygens (including phenoxy) is 1. The molecule has 0 amide bonds. The van der Waals surface area contributed by atoms with Gasteiger partial charge in [-0.1, -0.05) is 24.6 Å². The SMILES string of the molecule is CCN(C)CCN(C)CCOC1=CCC=C(C)C=C1. The van der Waals surface area contributed by atoms with E-state index in [9.17, 15) is 0 Å². The van der Waals surface area contributed by atoms with Gasteiger partial charge in [0.1, 0.15) is 12.4 Å². The Morgan fingerprint density at radius 1 is 1.05 bits per heavy atom. The van der Waals surface area contributed by atoms with Gasteiger partial charge in [-0.25, -0.2) is 0 Å². The molecular weight excluding hydrogens is 236 g/mol. The van der Waals surface area contributed by atoms with Crippen molar-refractivity contribution in [2.45, 2.75) is 20.3 Å². The van der Waals surface area contributed by atoms with Crippen LogP contribution >= 0.6 is 0 Å². The van der Waals surface area contributed by atoms with Gasteiger partial charge in [-0.2, -0.15) is 0 Å². The second-order valence-corrected chi connectivity index (χ2v) is 5.17. The van der Waals surface area contributed by atoms with Crippen molar-refractivity contribution in [1.82, 2.24) is 9.80 Å². The Morgan fingerprint density at radius 3 is 2.53 bits per heavy atom. The lowest BCUT2D eigenvalue weighted by Gasteiger charge is -2.21. The van der Waals surface area contributed by atoms with E-state index in [0.29, 0.717) is 0 Å². The van der Waals surface area contributed by atoms with Gasteiger partial charge in [-0.05, 0) is 46.1 Å². The molecule has 3 heteroatoms. The number of rotatable bonds is 8. The lowest BCUT2D eigenvalue weighted by Crippen LogP contribution is -2.32. The van der Waals surface area contributed by atoms with Crippen molar-refractivity contribution >= 4 is 0 Å². The van der Waals surface area contributed by atoms with Crippen LogP contribution in [0.25, 0.3) is 0 Å². The molecule has 0 aromatic carbocycles. The molecule has 0 aromatic heterocycles. The molecule has 0 aliphatic heterocycles. The summed E-state index contributed by atoms with van der Waals surface area (Å²) in [6.07, 6.45) is 9.48. The Balaban J connectivity index is 2.16. The fourth-order valence-electron chi connectivity index (χ4n) is 1.75. The fourth-order valence-corrected chi connectivity index (χ4v) is 1.75. The van der Waals surface area contributed by atoms with Crippen LogP contribution in [-0.4, -0.2) is 56.7 Å². The monoisotopic (exact) mass is 264 g/mol. The second kappa shape index (κ2) is 8.94. The van der Waals surface area contributed by atoms with E-state index < -0.39 is 0 Å². The fraction of sp³-hybridized carbons (Fsp3) is 0.625. The summed E-state index contributed by atoms with van der Waals surface area (Å²) < 4.78 is 5.80. The molecule has 0 saturated heterocycles. The molecule has 0 aromatic rings. The van der Waals surface area contributed by atoms with Crippen molar-refractivity contribution in [2.75, 3.05) is 46.9 Å². The average molecular weight is 264 g/mol. The quantitative estimate of drug-likeness (QED) is 0.670. The van der Waals surface area contributed by atoms with Crippen molar-refractivity contribution in [3.8, 4) is 0 Å². The Morgan fingerprint density at radius 2 is 1.79 bits per heavy atom. The Kier molecular flexibility index (Phi) is 7.53. The summed E-state index contributed by atoms with van der Waals surface area (Å²) in [4.78, 5) is 4.64. The number of hydrogen-bond donors (Lipinski definition) is 0.